The quantitative estimate of drug-likeness (QED) is 0.695. The van der Waals surface area contributed by atoms with Gasteiger partial charge in [-0.1, -0.05) is 17.7 Å². The van der Waals surface area contributed by atoms with E-state index < -0.39 is 0 Å². The molecule has 0 bridgehead atoms. The molecule has 7 nitrogen and oxygen atoms in total. The van der Waals surface area contributed by atoms with Crippen molar-refractivity contribution in [2.45, 2.75) is 12.8 Å². The fourth-order valence-corrected chi connectivity index (χ4v) is 3.87. The highest BCUT2D eigenvalue weighted by molar-refractivity contribution is 6.30. The number of carbonyl (C=O) groups is 2. The average Bonchev–Trinajstić information content (AvgIpc) is 3.16. The fourth-order valence-electron chi connectivity index (χ4n) is 3.68. The fraction of sp³-hybridized carbons (Fsp3) is 0.333. The van der Waals surface area contributed by atoms with E-state index in [0.29, 0.717) is 34.4 Å². The molecule has 8 heteroatoms. The molecule has 3 N–H and O–H groups in total. The van der Waals surface area contributed by atoms with Gasteiger partial charge < -0.3 is 25.0 Å². The number of amides is 2. The zero-order valence-corrected chi connectivity index (χ0v) is 16.6. The van der Waals surface area contributed by atoms with Crippen LogP contribution < -0.4 is 25.0 Å². The van der Waals surface area contributed by atoms with Gasteiger partial charge in [0.2, 0.25) is 12.7 Å². The Morgan fingerprint density at radius 1 is 1.00 bits per heavy atom. The Balaban J connectivity index is 1.23. The van der Waals surface area contributed by atoms with Crippen molar-refractivity contribution in [1.82, 2.24) is 0 Å². The van der Waals surface area contributed by atoms with Crippen LogP contribution in [-0.4, -0.2) is 38.2 Å². The Labute approximate surface area is 173 Å². The number of likely N-dealkylation sites (tertiary alicyclic amines) is 1. The first-order valence-corrected chi connectivity index (χ1v) is 10.0. The van der Waals surface area contributed by atoms with E-state index >= 15 is 0 Å². The number of carbonyl (C=O) groups excluding carboxylic acids is 2. The summed E-state index contributed by atoms with van der Waals surface area (Å²) in [7, 11) is 0. The highest BCUT2D eigenvalue weighted by atomic mass is 35.5. The van der Waals surface area contributed by atoms with Crippen molar-refractivity contribution in [2.75, 3.05) is 37.1 Å². The number of benzene rings is 2. The van der Waals surface area contributed by atoms with Gasteiger partial charge in [0.25, 0.3) is 5.91 Å². The molecule has 0 aliphatic carbocycles. The first-order chi connectivity index (χ1) is 14.1. The summed E-state index contributed by atoms with van der Waals surface area (Å²) in [6.07, 6.45) is 1.49. The van der Waals surface area contributed by atoms with E-state index in [9.17, 15) is 9.59 Å². The predicted molar refractivity (Wildman–Crippen MR) is 110 cm³/mol. The first kappa shape index (κ1) is 19.5. The summed E-state index contributed by atoms with van der Waals surface area (Å²) in [4.78, 5) is 26.0. The van der Waals surface area contributed by atoms with E-state index in [2.05, 4.69) is 10.6 Å². The van der Waals surface area contributed by atoms with Gasteiger partial charge in [0.15, 0.2) is 18.0 Å². The topological polar surface area (TPSA) is 81.1 Å². The monoisotopic (exact) mass is 416 g/mol. The largest absolute Gasteiger partial charge is 0.454 e. The summed E-state index contributed by atoms with van der Waals surface area (Å²) in [5.74, 6) is 1.24. The molecule has 2 aromatic rings. The Morgan fingerprint density at radius 2 is 1.76 bits per heavy atom. The van der Waals surface area contributed by atoms with Gasteiger partial charge >= 0.3 is 0 Å². The maximum atomic E-state index is 12.6. The number of halogens is 1. The third kappa shape index (κ3) is 4.99. The minimum Gasteiger partial charge on any atom is -0.454 e. The normalized spacial score (nSPS) is 20.2. The highest BCUT2D eigenvalue weighted by Crippen LogP contribution is 2.34. The number of anilines is 2. The second-order valence-corrected chi connectivity index (χ2v) is 7.75. The van der Waals surface area contributed by atoms with E-state index in [-0.39, 0.29) is 24.5 Å². The molecule has 152 valence electrons. The van der Waals surface area contributed by atoms with Gasteiger partial charge in [0.1, 0.15) is 0 Å². The SMILES string of the molecule is O=C(C[NH+]1CCC(C(=O)Nc2ccc3c(c2)OCO3)CC1)Nc1cccc(Cl)c1. The lowest BCUT2D eigenvalue weighted by atomic mass is 9.95. The molecule has 29 heavy (non-hydrogen) atoms. The average molecular weight is 417 g/mol. The van der Waals surface area contributed by atoms with Crippen molar-refractivity contribution in [3.8, 4) is 11.5 Å². The van der Waals surface area contributed by atoms with Crippen LogP contribution in [0.5, 0.6) is 11.5 Å². The van der Waals surface area contributed by atoms with E-state index in [1.165, 1.54) is 4.90 Å². The van der Waals surface area contributed by atoms with Crippen molar-refractivity contribution >= 4 is 34.8 Å². The van der Waals surface area contributed by atoms with Gasteiger partial charge in [-0.2, -0.15) is 0 Å². The number of fused-ring (bicyclic) bond motifs is 1. The van der Waals surface area contributed by atoms with Gasteiger partial charge in [-0.3, -0.25) is 9.59 Å². The molecule has 2 aliphatic rings. The third-order valence-corrected chi connectivity index (χ3v) is 5.46. The minimum atomic E-state index is -0.0554. The molecule has 1 fully saturated rings. The molecule has 0 spiro atoms. The zero-order valence-electron chi connectivity index (χ0n) is 15.9. The Bertz CT molecular complexity index is 913. The standard InChI is InChI=1S/C21H22ClN3O4/c22-15-2-1-3-16(10-15)23-20(26)12-25-8-6-14(7-9-25)21(27)24-17-4-5-18-19(11-17)29-13-28-18/h1-5,10-11,14H,6-9,12-13H2,(H,23,26)(H,24,27)/p+1. The summed E-state index contributed by atoms with van der Waals surface area (Å²) < 4.78 is 10.6. The molecule has 0 saturated carbocycles. The van der Waals surface area contributed by atoms with Crippen LogP contribution in [0.4, 0.5) is 11.4 Å². The third-order valence-electron chi connectivity index (χ3n) is 5.22. The molecule has 2 amide bonds. The smallest absolute Gasteiger partial charge is 0.279 e. The molecule has 2 aliphatic heterocycles. The van der Waals surface area contributed by atoms with E-state index in [4.69, 9.17) is 21.1 Å². The zero-order chi connectivity index (χ0) is 20.2. The van der Waals surface area contributed by atoms with Crippen LogP contribution in [0.25, 0.3) is 0 Å². The highest BCUT2D eigenvalue weighted by Gasteiger charge is 2.29. The summed E-state index contributed by atoms with van der Waals surface area (Å²) in [6.45, 7) is 2.15. The van der Waals surface area contributed by atoms with Gasteiger partial charge in [-0.25, -0.2) is 0 Å². The van der Waals surface area contributed by atoms with Crippen LogP contribution in [0.1, 0.15) is 12.8 Å². The van der Waals surface area contributed by atoms with Crippen LogP contribution in [-0.2, 0) is 9.59 Å². The number of quaternary nitrogens is 1. The van der Waals surface area contributed by atoms with Crippen molar-refractivity contribution in [1.29, 1.82) is 0 Å². The molecule has 0 aromatic heterocycles. The van der Waals surface area contributed by atoms with Crippen LogP contribution >= 0.6 is 11.6 Å². The van der Waals surface area contributed by atoms with E-state index in [0.717, 1.165) is 25.9 Å². The minimum absolute atomic E-state index is 0.00583. The Morgan fingerprint density at radius 3 is 2.55 bits per heavy atom. The summed E-state index contributed by atoms with van der Waals surface area (Å²) in [5.41, 5.74) is 1.40. The number of piperidine rings is 1. The molecule has 2 heterocycles. The van der Waals surface area contributed by atoms with Crippen LogP contribution in [0.15, 0.2) is 42.5 Å². The lowest BCUT2D eigenvalue weighted by Crippen LogP contribution is -3.14. The lowest BCUT2D eigenvalue weighted by molar-refractivity contribution is -0.897. The number of hydrogen-bond acceptors (Lipinski definition) is 4. The van der Waals surface area contributed by atoms with Crippen molar-refractivity contribution in [2.24, 2.45) is 5.92 Å². The number of rotatable bonds is 5. The van der Waals surface area contributed by atoms with Gasteiger partial charge in [0.05, 0.1) is 13.1 Å². The van der Waals surface area contributed by atoms with Gasteiger partial charge in [-0.05, 0) is 30.3 Å². The van der Waals surface area contributed by atoms with Gasteiger partial charge in [0, 0.05) is 41.2 Å². The van der Waals surface area contributed by atoms with Gasteiger partial charge in [-0.15, -0.1) is 0 Å². The molecule has 0 radical (unpaired) electrons. The summed E-state index contributed by atoms with van der Waals surface area (Å²) in [5, 5.41) is 6.42. The van der Waals surface area contributed by atoms with Crippen molar-refractivity contribution < 1.29 is 24.0 Å². The predicted octanol–water partition coefficient (Wildman–Crippen LogP) is 1.94. The maximum Gasteiger partial charge on any atom is 0.279 e. The Hall–Kier alpha value is -2.77. The molecular formula is C21H23ClN3O4+. The lowest BCUT2D eigenvalue weighted by Gasteiger charge is -2.28. The summed E-state index contributed by atoms with van der Waals surface area (Å²) >= 11 is 5.94. The molecular weight excluding hydrogens is 394 g/mol. The van der Waals surface area contributed by atoms with E-state index in [1.807, 2.05) is 12.1 Å². The molecule has 0 atom stereocenters. The number of nitrogens with one attached hydrogen (secondary N) is 3. The Kier molecular flexibility index (Phi) is 5.87. The number of ether oxygens (including phenoxy) is 2. The van der Waals surface area contributed by atoms with Crippen molar-refractivity contribution in [3.05, 3.63) is 47.5 Å². The van der Waals surface area contributed by atoms with E-state index in [1.54, 1.807) is 30.3 Å². The summed E-state index contributed by atoms with van der Waals surface area (Å²) in [6, 6.07) is 12.5. The second-order valence-electron chi connectivity index (χ2n) is 7.32. The maximum absolute atomic E-state index is 12.6. The van der Waals surface area contributed by atoms with Crippen molar-refractivity contribution in [3.63, 3.8) is 0 Å². The van der Waals surface area contributed by atoms with Crippen LogP contribution in [0.2, 0.25) is 5.02 Å². The number of hydrogen-bond donors (Lipinski definition) is 3. The molecule has 1 saturated heterocycles. The molecule has 0 unspecified atom stereocenters. The second kappa shape index (κ2) is 8.71. The van der Waals surface area contributed by atoms with Crippen LogP contribution in [0, 0.1) is 5.92 Å². The molecule has 2 aromatic carbocycles. The molecule has 4 rings (SSSR count). The first-order valence-electron chi connectivity index (χ1n) is 9.66. The van der Waals surface area contributed by atoms with Crippen LogP contribution in [0.3, 0.4) is 0 Å².